The number of thiophene rings is 1. The molecule has 2 N–H and O–H groups in total. The first-order valence-corrected chi connectivity index (χ1v) is 8.34. The second kappa shape index (κ2) is 6.02. The van der Waals surface area contributed by atoms with Crippen LogP contribution in [0.2, 0.25) is 0 Å². The molecule has 0 unspecified atom stereocenters. The van der Waals surface area contributed by atoms with Gasteiger partial charge >= 0.3 is 0 Å². The monoisotopic (exact) mass is 311 g/mol. The lowest BCUT2D eigenvalue weighted by Crippen LogP contribution is -2.16. The van der Waals surface area contributed by atoms with Crippen LogP contribution in [0.25, 0.3) is 10.6 Å². The first kappa shape index (κ1) is 14.5. The number of carbonyl (C=O) groups excluding carboxylic acids is 1. The molecule has 6 nitrogen and oxygen atoms in total. The van der Waals surface area contributed by atoms with Crippen molar-refractivity contribution >= 4 is 32.9 Å². The van der Waals surface area contributed by atoms with Crippen LogP contribution in [0.4, 0.5) is 5.82 Å². The number of hydrogen-bond acceptors (Lipinski definition) is 5. The molecule has 0 atom stereocenters. The summed E-state index contributed by atoms with van der Waals surface area (Å²) in [6, 6.07) is 5.55. The number of H-pyrrole nitrogens is 1. The van der Waals surface area contributed by atoms with E-state index in [2.05, 4.69) is 22.1 Å². The van der Waals surface area contributed by atoms with E-state index in [1.807, 2.05) is 17.5 Å². The molecular weight excluding hydrogens is 298 g/mol. The smallest absolute Gasteiger partial charge is 0.226 e. The zero-order valence-corrected chi connectivity index (χ0v) is 12.1. The molecule has 2 aromatic rings. The lowest BCUT2D eigenvalue weighted by Gasteiger charge is -2.00. The van der Waals surface area contributed by atoms with Crippen LogP contribution in [0, 0.1) is 0 Å². The Balaban J connectivity index is 1.94. The molecule has 0 aliphatic rings. The summed E-state index contributed by atoms with van der Waals surface area (Å²) in [5.74, 6) is -0.293. The maximum atomic E-state index is 11.6. The van der Waals surface area contributed by atoms with Gasteiger partial charge in [0.2, 0.25) is 5.91 Å². The molecular formula is C12H13N3O3S2. The zero-order valence-electron chi connectivity index (χ0n) is 10.5. The van der Waals surface area contributed by atoms with Gasteiger partial charge in [0.1, 0.15) is 0 Å². The van der Waals surface area contributed by atoms with E-state index in [1.165, 1.54) is 0 Å². The summed E-state index contributed by atoms with van der Waals surface area (Å²) in [5.41, 5.74) is 0.800. The highest BCUT2D eigenvalue weighted by molar-refractivity contribution is 7.94. The molecule has 20 heavy (non-hydrogen) atoms. The molecule has 2 rings (SSSR count). The summed E-state index contributed by atoms with van der Waals surface area (Å²) in [7, 11) is -3.36. The predicted octanol–water partition coefficient (Wildman–Crippen LogP) is 2.03. The summed E-state index contributed by atoms with van der Waals surface area (Å²) < 4.78 is 22.4. The van der Waals surface area contributed by atoms with Gasteiger partial charge in [0.05, 0.1) is 16.3 Å². The Hall–Kier alpha value is -1.93. The van der Waals surface area contributed by atoms with Crippen LogP contribution < -0.4 is 5.32 Å². The minimum Gasteiger partial charge on any atom is -0.309 e. The second-order valence-corrected chi connectivity index (χ2v) is 6.99. The fraction of sp³-hybridized carbons (Fsp3) is 0.167. The Morgan fingerprint density at radius 3 is 3.00 bits per heavy atom. The van der Waals surface area contributed by atoms with Crippen molar-refractivity contribution in [2.45, 2.75) is 6.42 Å². The molecule has 0 fully saturated rings. The van der Waals surface area contributed by atoms with E-state index in [0.717, 1.165) is 16.0 Å². The van der Waals surface area contributed by atoms with Crippen LogP contribution in [0.5, 0.6) is 0 Å². The first-order valence-electron chi connectivity index (χ1n) is 5.74. The van der Waals surface area contributed by atoms with Crippen molar-refractivity contribution in [2.24, 2.45) is 0 Å². The minimum atomic E-state index is -3.36. The maximum absolute atomic E-state index is 11.6. The van der Waals surface area contributed by atoms with E-state index in [0.29, 0.717) is 5.82 Å². The Kier molecular flexibility index (Phi) is 4.35. The van der Waals surface area contributed by atoms with Crippen molar-refractivity contribution < 1.29 is 13.2 Å². The molecule has 0 bridgehead atoms. The quantitative estimate of drug-likeness (QED) is 0.853. The Morgan fingerprint density at radius 1 is 1.55 bits per heavy atom. The van der Waals surface area contributed by atoms with E-state index in [4.69, 9.17) is 0 Å². The first-order chi connectivity index (χ1) is 9.50. The van der Waals surface area contributed by atoms with Gasteiger partial charge in [-0.3, -0.25) is 9.89 Å². The predicted molar refractivity (Wildman–Crippen MR) is 79.1 cm³/mol. The number of anilines is 1. The van der Waals surface area contributed by atoms with E-state index in [1.54, 1.807) is 17.4 Å². The molecule has 8 heteroatoms. The Morgan fingerprint density at radius 2 is 2.35 bits per heavy atom. The maximum Gasteiger partial charge on any atom is 0.226 e. The average molecular weight is 311 g/mol. The molecule has 2 aromatic heterocycles. The normalized spacial score (nSPS) is 11.2. The van der Waals surface area contributed by atoms with Gasteiger partial charge in [-0.05, 0) is 11.4 Å². The van der Waals surface area contributed by atoms with Crippen molar-refractivity contribution in [1.29, 1.82) is 0 Å². The van der Waals surface area contributed by atoms with Crippen molar-refractivity contribution in [2.75, 3.05) is 11.1 Å². The molecule has 0 radical (unpaired) electrons. The third kappa shape index (κ3) is 3.78. The van der Waals surface area contributed by atoms with Crippen LogP contribution >= 0.6 is 11.3 Å². The largest absolute Gasteiger partial charge is 0.309 e. The standard InChI is InChI=1S/C12H13N3O3S2/c1-2-20(17,18)7-5-12(16)13-11-8-9(14-15-11)10-4-3-6-19-10/h2-4,6,8H,1,5,7H2,(H2,13,14,15,16). The summed E-state index contributed by atoms with van der Waals surface area (Å²) in [4.78, 5) is 12.6. The van der Waals surface area contributed by atoms with Gasteiger partial charge in [-0.25, -0.2) is 8.42 Å². The van der Waals surface area contributed by atoms with Crippen molar-refractivity contribution in [3.63, 3.8) is 0 Å². The zero-order chi connectivity index (χ0) is 14.6. The number of aromatic nitrogens is 2. The lowest BCUT2D eigenvalue weighted by atomic mass is 10.3. The molecule has 0 aliphatic carbocycles. The van der Waals surface area contributed by atoms with Crippen molar-refractivity contribution in [3.05, 3.63) is 35.6 Å². The van der Waals surface area contributed by atoms with Crippen LogP contribution in [-0.4, -0.2) is 30.3 Å². The number of aromatic amines is 1. The third-order valence-corrected chi connectivity index (χ3v) is 4.68. The molecule has 0 aliphatic heterocycles. The number of rotatable bonds is 6. The fourth-order valence-electron chi connectivity index (χ4n) is 1.47. The average Bonchev–Trinajstić information content (AvgIpc) is 3.07. The van der Waals surface area contributed by atoms with Crippen LogP contribution in [0.1, 0.15) is 6.42 Å². The van der Waals surface area contributed by atoms with Crippen molar-refractivity contribution in [3.8, 4) is 10.6 Å². The van der Waals surface area contributed by atoms with E-state index in [-0.39, 0.29) is 12.2 Å². The highest BCUT2D eigenvalue weighted by Gasteiger charge is 2.11. The molecule has 0 saturated heterocycles. The highest BCUT2D eigenvalue weighted by Crippen LogP contribution is 2.24. The van der Waals surface area contributed by atoms with Crippen LogP contribution in [0.15, 0.2) is 35.6 Å². The van der Waals surface area contributed by atoms with Crippen LogP contribution in [0.3, 0.4) is 0 Å². The van der Waals surface area contributed by atoms with E-state index in [9.17, 15) is 13.2 Å². The summed E-state index contributed by atoms with van der Waals surface area (Å²) in [5, 5.41) is 12.1. The molecule has 106 valence electrons. The topological polar surface area (TPSA) is 91.9 Å². The molecule has 0 saturated carbocycles. The van der Waals surface area contributed by atoms with Gasteiger partial charge in [-0.15, -0.1) is 11.3 Å². The van der Waals surface area contributed by atoms with Gasteiger partial charge < -0.3 is 5.32 Å². The van der Waals surface area contributed by atoms with E-state index < -0.39 is 15.7 Å². The van der Waals surface area contributed by atoms with Gasteiger partial charge in [-0.1, -0.05) is 12.6 Å². The Labute approximate surface area is 120 Å². The molecule has 0 aromatic carbocycles. The molecule has 0 spiro atoms. The van der Waals surface area contributed by atoms with Gasteiger partial charge in [0.25, 0.3) is 0 Å². The summed E-state index contributed by atoms with van der Waals surface area (Å²) in [6.45, 7) is 3.19. The summed E-state index contributed by atoms with van der Waals surface area (Å²) >= 11 is 1.55. The highest BCUT2D eigenvalue weighted by atomic mass is 32.2. The second-order valence-electron chi connectivity index (χ2n) is 3.98. The number of sulfone groups is 1. The Bertz CT molecular complexity index is 702. The number of hydrogen-bond donors (Lipinski definition) is 2. The third-order valence-electron chi connectivity index (χ3n) is 2.50. The molecule has 2 heterocycles. The number of amides is 1. The van der Waals surface area contributed by atoms with E-state index >= 15 is 0 Å². The van der Waals surface area contributed by atoms with Gasteiger partial charge in [0.15, 0.2) is 15.7 Å². The van der Waals surface area contributed by atoms with Crippen LogP contribution in [-0.2, 0) is 14.6 Å². The summed E-state index contributed by atoms with van der Waals surface area (Å²) in [6.07, 6.45) is -0.129. The fourth-order valence-corrected chi connectivity index (χ4v) is 2.80. The van der Waals surface area contributed by atoms with Gasteiger partial charge in [0, 0.05) is 17.9 Å². The number of carbonyl (C=O) groups is 1. The number of nitrogens with zero attached hydrogens (tertiary/aromatic N) is 1. The SMILES string of the molecule is C=CS(=O)(=O)CCC(=O)Nc1cc(-c2cccs2)[nH]n1. The minimum absolute atomic E-state index is 0.129. The van der Waals surface area contributed by atoms with Gasteiger partial charge in [-0.2, -0.15) is 5.10 Å². The molecule has 1 amide bonds. The van der Waals surface area contributed by atoms with Crippen molar-refractivity contribution in [1.82, 2.24) is 10.2 Å². The number of nitrogens with one attached hydrogen (secondary N) is 2. The lowest BCUT2D eigenvalue weighted by molar-refractivity contribution is -0.115.